The van der Waals surface area contributed by atoms with Crippen LogP contribution >= 0.6 is 0 Å². The Morgan fingerprint density at radius 2 is 1.57 bits per heavy atom. The lowest BCUT2D eigenvalue weighted by atomic mass is 9.93. The van der Waals surface area contributed by atoms with Crippen LogP contribution in [-0.2, 0) is 37.9 Å². The van der Waals surface area contributed by atoms with Crippen molar-refractivity contribution in [3.63, 3.8) is 0 Å². The van der Waals surface area contributed by atoms with Gasteiger partial charge in [-0.05, 0) is 77.4 Å². The minimum Gasteiger partial charge on any atom is -0.327 e. The van der Waals surface area contributed by atoms with E-state index >= 15 is 0 Å². The first kappa shape index (κ1) is 33.4. The molecule has 7 rings (SSSR count). The van der Waals surface area contributed by atoms with Gasteiger partial charge in [-0.3, -0.25) is 4.79 Å². The van der Waals surface area contributed by atoms with Crippen molar-refractivity contribution in [1.82, 2.24) is 19.1 Å². The van der Waals surface area contributed by atoms with Gasteiger partial charge in [0.2, 0.25) is 0 Å². The predicted octanol–water partition coefficient (Wildman–Crippen LogP) is 9.09. The van der Waals surface area contributed by atoms with Crippen molar-refractivity contribution in [2.45, 2.75) is 52.7 Å². The molecule has 0 spiro atoms. The number of carbonyl (C=O) groups is 1. The number of rotatable bonds is 13. The fourth-order valence-corrected chi connectivity index (χ4v) is 6.91. The first-order chi connectivity index (χ1) is 24.8. The molecule has 0 bridgehead atoms. The number of aryl methyl sites for hydroxylation is 4. The molecule has 51 heavy (non-hydrogen) atoms. The summed E-state index contributed by atoms with van der Waals surface area (Å²) in [6.45, 7) is 4.86. The first-order valence-electron chi connectivity index (χ1n) is 17.3. The van der Waals surface area contributed by atoms with Crippen molar-refractivity contribution in [2.24, 2.45) is 7.05 Å². The summed E-state index contributed by atoms with van der Waals surface area (Å²) < 4.78 is 4.49. The SMILES string of the molecule is CCCc1nc2c(C)cc(-c3nc4ccccc4n3C)cc2n1Cc1ccc(-c2ccccc2C(=O)CCc2cccc(CO[N+](=O)[O-])c2)cc1. The Balaban J connectivity index is 1.14. The zero-order chi connectivity index (χ0) is 35.5. The van der Waals surface area contributed by atoms with Gasteiger partial charge in [0, 0.05) is 37.6 Å². The zero-order valence-corrected chi connectivity index (χ0v) is 29.0. The van der Waals surface area contributed by atoms with Crippen LogP contribution in [0.25, 0.3) is 44.6 Å². The highest BCUT2D eigenvalue weighted by Gasteiger charge is 2.18. The third-order valence-corrected chi connectivity index (χ3v) is 9.44. The lowest BCUT2D eigenvalue weighted by Gasteiger charge is -2.13. The van der Waals surface area contributed by atoms with Crippen LogP contribution in [0.2, 0.25) is 0 Å². The Kier molecular flexibility index (Phi) is 9.44. The standard InChI is InChI=1S/C42H39N5O4/c1-4-10-40-44-41-28(2)23-33(42-43-36-15-7-8-16-37(36)45(42)3)25-38(41)46(40)26-30-17-20-32(21-18-30)34-13-5-6-14-35(34)39(48)22-19-29-11-9-12-31(24-29)27-51-47(49)50/h5-9,11-18,20-21,23-25H,4,10,19,22,26-27H2,1-3H3. The van der Waals surface area contributed by atoms with E-state index in [4.69, 9.17) is 9.97 Å². The Bertz CT molecular complexity index is 2390. The first-order valence-corrected chi connectivity index (χ1v) is 17.3. The second kappa shape index (κ2) is 14.4. The van der Waals surface area contributed by atoms with Gasteiger partial charge in [-0.2, -0.15) is 0 Å². The molecule has 2 aromatic heterocycles. The van der Waals surface area contributed by atoms with Crippen molar-refractivity contribution in [3.05, 3.63) is 153 Å². The molecule has 0 saturated carbocycles. The molecule has 256 valence electrons. The molecule has 0 aliphatic carbocycles. The number of aromatic nitrogens is 4. The van der Waals surface area contributed by atoms with Gasteiger partial charge in [0.05, 0.1) is 22.1 Å². The average molecular weight is 678 g/mol. The maximum atomic E-state index is 13.5. The van der Waals surface area contributed by atoms with Gasteiger partial charge in [-0.1, -0.05) is 91.9 Å². The fourth-order valence-electron chi connectivity index (χ4n) is 6.91. The lowest BCUT2D eigenvalue weighted by molar-refractivity contribution is -0.763. The van der Waals surface area contributed by atoms with E-state index in [0.29, 0.717) is 30.5 Å². The Morgan fingerprint density at radius 3 is 2.35 bits per heavy atom. The van der Waals surface area contributed by atoms with E-state index in [1.54, 1.807) is 6.07 Å². The molecule has 9 heteroatoms. The minimum absolute atomic E-state index is 0.0440. The second-order valence-corrected chi connectivity index (χ2v) is 13.0. The van der Waals surface area contributed by atoms with Gasteiger partial charge >= 0.3 is 0 Å². The number of hydrogen-bond donors (Lipinski definition) is 0. The molecule has 0 aliphatic heterocycles. The second-order valence-electron chi connectivity index (χ2n) is 13.0. The van der Waals surface area contributed by atoms with E-state index in [2.05, 4.69) is 77.3 Å². The molecule has 2 heterocycles. The highest BCUT2D eigenvalue weighted by Crippen LogP contribution is 2.31. The Morgan fingerprint density at radius 1 is 0.804 bits per heavy atom. The van der Waals surface area contributed by atoms with E-state index in [-0.39, 0.29) is 12.4 Å². The van der Waals surface area contributed by atoms with Crippen molar-refractivity contribution in [1.29, 1.82) is 0 Å². The number of hydrogen-bond acceptors (Lipinski definition) is 6. The van der Waals surface area contributed by atoms with E-state index in [1.165, 1.54) is 0 Å². The highest BCUT2D eigenvalue weighted by atomic mass is 16.9. The lowest BCUT2D eigenvalue weighted by Crippen LogP contribution is -2.06. The van der Waals surface area contributed by atoms with Gasteiger partial charge in [0.15, 0.2) is 5.78 Å². The zero-order valence-electron chi connectivity index (χ0n) is 29.0. The summed E-state index contributed by atoms with van der Waals surface area (Å²) in [4.78, 5) is 38.7. The normalized spacial score (nSPS) is 11.4. The molecule has 0 fully saturated rings. The number of Topliss-reactive ketones (excluding diaryl/α,β-unsaturated/α-hetero) is 1. The summed E-state index contributed by atoms with van der Waals surface area (Å²) in [6.07, 6.45) is 2.71. The molecular formula is C42H39N5O4. The molecule has 0 aliphatic rings. The van der Waals surface area contributed by atoms with Crippen LogP contribution in [0.3, 0.4) is 0 Å². The number of imidazole rings is 2. The molecule has 0 N–H and O–H groups in total. The molecular weight excluding hydrogens is 638 g/mol. The van der Waals surface area contributed by atoms with Crippen molar-refractivity contribution >= 4 is 27.9 Å². The molecule has 0 saturated heterocycles. The number of benzene rings is 5. The van der Waals surface area contributed by atoms with Crippen LogP contribution in [0.1, 0.15) is 58.2 Å². The molecule has 7 aromatic rings. The van der Waals surface area contributed by atoms with Crippen LogP contribution < -0.4 is 0 Å². The summed E-state index contributed by atoms with van der Waals surface area (Å²) in [7, 11) is 2.07. The molecule has 5 aromatic carbocycles. The van der Waals surface area contributed by atoms with Crippen molar-refractivity contribution in [2.75, 3.05) is 0 Å². The van der Waals surface area contributed by atoms with E-state index in [9.17, 15) is 14.9 Å². The number of ketones is 1. The Hall–Kier alpha value is -6.09. The fraction of sp³-hybridized carbons (Fsp3) is 0.214. The van der Waals surface area contributed by atoms with Gasteiger partial charge in [-0.15, -0.1) is 10.1 Å². The van der Waals surface area contributed by atoms with Gasteiger partial charge in [0.1, 0.15) is 18.3 Å². The quantitative estimate of drug-likeness (QED) is 0.0685. The topological polar surface area (TPSA) is 105 Å². The smallest absolute Gasteiger partial charge is 0.294 e. The summed E-state index contributed by atoms with van der Waals surface area (Å²) in [5, 5.41) is 9.78. The average Bonchev–Trinajstić information content (AvgIpc) is 3.67. The van der Waals surface area contributed by atoms with Gasteiger partial charge < -0.3 is 14.0 Å². The molecule has 0 unspecified atom stereocenters. The van der Waals surface area contributed by atoms with Crippen LogP contribution in [0.15, 0.2) is 109 Å². The van der Waals surface area contributed by atoms with Gasteiger partial charge in [-0.25, -0.2) is 9.97 Å². The van der Waals surface area contributed by atoms with Crippen molar-refractivity contribution in [3.8, 4) is 22.5 Å². The molecule has 9 nitrogen and oxygen atoms in total. The predicted molar refractivity (Wildman–Crippen MR) is 200 cm³/mol. The largest absolute Gasteiger partial charge is 0.327 e. The molecule has 0 atom stereocenters. The maximum absolute atomic E-state index is 13.5. The van der Waals surface area contributed by atoms with Crippen LogP contribution in [-0.4, -0.2) is 30.0 Å². The van der Waals surface area contributed by atoms with E-state index in [1.807, 2.05) is 60.7 Å². The van der Waals surface area contributed by atoms with Gasteiger partial charge in [0.25, 0.3) is 5.09 Å². The summed E-state index contributed by atoms with van der Waals surface area (Å²) in [6, 6.07) is 36.2. The van der Waals surface area contributed by atoms with Crippen LogP contribution in [0.5, 0.6) is 0 Å². The third kappa shape index (κ3) is 7.01. The summed E-state index contributed by atoms with van der Waals surface area (Å²) in [5.74, 6) is 2.04. The Labute approximate surface area is 296 Å². The highest BCUT2D eigenvalue weighted by molar-refractivity contribution is 6.02. The molecule has 0 amide bonds. The van der Waals surface area contributed by atoms with Crippen LogP contribution in [0.4, 0.5) is 0 Å². The monoisotopic (exact) mass is 677 g/mol. The third-order valence-electron chi connectivity index (χ3n) is 9.44. The number of fused-ring (bicyclic) bond motifs is 2. The number of carbonyl (C=O) groups excluding carboxylic acids is 1. The number of para-hydroxylation sites is 2. The summed E-state index contributed by atoms with van der Waals surface area (Å²) >= 11 is 0. The van der Waals surface area contributed by atoms with E-state index in [0.717, 1.165) is 79.9 Å². The summed E-state index contributed by atoms with van der Waals surface area (Å²) in [5.41, 5.74) is 11.7. The maximum Gasteiger partial charge on any atom is 0.294 e. The molecule has 0 radical (unpaired) electrons. The number of nitrogens with zero attached hydrogens (tertiary/aromatic N) is 5. The van der Waals surface area contributed by atoms with E-state index < -0.39 is 5.09 Å². The van der Waals surface area contributed by atoms with Crippen molar-refractivity contribution < 1.29 is 14.7 Å². The minimum atomic E-state index is -0.801. The van der Waals surface area contributed by atoms with Crippen LogP contribution in [0, 0.1) is 17.0 Å².